The number of hydrogen-bond donors (Lipinski definition) is 1. The van der Waals surface area contributed by atoms with Crippen LogP contribution in [0.5, 0.6) is 5.75 Å². The van der Waals surface area contributed by atoms with Crippen LogP contribution in [0.2, 0.25) is 0 Å². The monoisotopic (exact) mass is 365 g/mol. The minimum atomic E-state index is -0.121. The van der Waals surface area contributed by atoms with Crippen LogP contribution in [0.3, 0.4) is 0 Å². The molecule has 0 radical (unpaired) electrons. The molecule has 0 bridgehead atoms. The normalized spacial score (nSPS) is 14.9. The number of ether oxygens (including phenoxy) is 1. The molecule has 1 fully saturated rings. The van der Waals surface area contributed by atoms with Crippen molar-refractivity contribution in [2.75, 3.05) is 20.2 Å². The smallest absolute Gasteiger partial charge is 0.253 e. The molecule has 0 aliphatic carbocycles. The summed E-state index contributed by atoms with van der Waals surface area (Å²) in [4.78, 5) is 30.4. The lowest BCUT2D eigenvalue weighted by Gasteiger charge is -2.31. The van der Waals surface area contributed by atoms with Gasteiger partial charge in [-0.2, -0.15) is 0 Å². The number of rotatable bonds is 5. The number of nitrogens with zero attached hydrogens (tertiary/aromatic N) is 2. The van der Waals surface area contributed by atoms with Crippen LogP contribution in [0.4, 0.5) is 0 Å². The van der Waals surface area contributed by atoms with Gasteiger partial charge in [0.2, 0.25) is 5.91 Å². The van der Waals surface area contributed by atoms with E-state index in [1.54, 1.807) is 48.7 Å². The van der Waals surface area contributed by atoms with E-state index in [1.807, 2.05) is 24.3 Å². The second-order valence-electron chi connectivity index (χ2n) is 6.39. The fourth-order valence-electron chi connectivity index (χ4n) is 3.08. The minimum absolute atomic E-state index is 0.0297. The quantitative estimate of drug-likeness (QED) is 0.827. The summed E-state index contributed by atoms with van der Waals surface area (Å²) in [7, 11) is 1.61. The number of nitrogens with one attached hydrogen (secondary N) is 1. The molecule has 2 heterocycles. The molecule has 1 aliphatic rings. The zero-order valence-electron chi connectivity index (χ0n) is 15.3. The molecule has 27 heavy (non-hydrogen) atoms. The Hall–Kier alpha value is -3.15. The van der Waals surface area contributed by atoms with E-state index < -0.39 is 0 Å². The van der Waals surface area contributed by atoms with Crippen LogP contribution in [0.15, 0.2) is 54.9 Å². The molecule has 140 valence electrons. The molecule has 0 saturated carbocycles. The Balaban J connectivity index is 1.50. The predicted octanol–water partition coefficient (Wildman–Crippen LogP) is 2.52. The Morgan fingerprint density at radius 3 is 2.67 bits per heavy atom. The van der Waals surface area contributed by atoms with Crippen LogP contribution in [-0.4, -0.2) is 47.9 Å². The molecule has 6 nitrogen and oxygen atoms in total. The average molecular weight is 365 g/mol. The van der Waals surface area contributed by atoms with Crippen molar-refractivity contribution in [3.63, 3.8) is 0 Å². The molecule has 1 saturated heterocycles. The molecular weight excluding hydrogens is 342 g/mol. The van der Waals surface area contributed by atoms with E-state index in [0.717, 1.165) is 24.2 Å². The van der Waals surface area contributed by atoms with Crippen molar-refractivity contribution >= 4 is 17.9 Å². The van der Waals surface area contributed by atoms with Gasteiger partial charge in [0.05, 0.1) is 12.7 Å². The van der Waals surface area contributed by atoms with Crippen molar-refractivity contribution in [3.05, 3.63) is 66.0 Å². The van der Waals surface area contributed by atoms with E-state index in [9.17, 15) is 9.59 Å². The number of aromatic nitrogens is 1. The Bertz CT molecular complexity index is 812. The first kappa shape index (κ1) is 18.6. The first-order valence-corrected chi connectivity index (χ1v) is 8.98. The van der Waals surface area contributed by atoms with Gasteiger partial charge in [-0.1, -0.05) is 18.2 Å². The number of amides is 2. The Kier molecular flexibility index (Phi) is 6.20. The molecule has 0 atom stereocenters. The first-order valence-electron chi connectivity index (χ1n) is 8.98. The summed E-state index contributed by atoms with van der Waals surface area (Å²) in [5.41, 5.74) is 1.42. The van der Waals surface area contributed by atoms with Gasteiger partial charge < -0.3 is 15.0 Å². The summed E-state index contributed by atoms with van der Waals surface area (Å²) in [6, 6.07) is 11.1. The largest absolute Gasteiger partial charge is 0.496 e. The van der Waals surface area contributed by atoms with Gasteiger partial charge in [-0.3, -0.25) is 14.6 Å². The average Bonchev–Trinajstić information content (AvgIpc) is 2.73. The standard InChI is InChI=1S/C21H23N3O3/c1-27-19-7-3-2-5-16(19)8-9-20(25)24-13-10-18(11-14-24)23-21(26)17-6-4-12-22-15-17/h2-9,12,15,18H,10-11,13-14H2,1H3,(H,23,26)/b9-8+. The summed E-state index contributed by atoms with van der Waals surface area (Å²) < 4.78 is 5.29. The molecule has 1 N–H and O–H groups in total. The highest BCUT2D eigenvalue weighted by Gasteiger charge is 2.23. The molecule has 1 aromatic carbocycles. The maximum absolute atomic E-state index is 12.4. The lowest BCUT2D eigenvalue weighted by molar-refractivity contribution is -0.126. The highest BCUT2D eigenvalue weighted by molar-refractivity contribution is 5.94. The van der Waals surface area contributed by atoms with E-state index in [2.05, 4.69) is 10.3 Å². The highest BCUT2D eigenvalue weighted by Crippen LogP contribution is 2.19. The lowest BCUT2D eigenvalue weighted by Crippen LogP contribution is -2.46. The van der Waals surface area contributed by atoms with Gasteiger partial charge in [-0.25, -0.2) is 0 Å². The van der Waals surface area contributed by atoms with Crippen LogP contribution < -0.4 is 10.1 Å². The third-order valence-electron chi connectivity index (χ3n) is 4.61. The van der Waals surface area contributed by atoms with Crippen molar-refractivity contribution < 1.29 is 14.3 Å². The van der Waals surface area contributed by atoms with Gasteiger partial charge in [0.25, 0.3) is 5.91 Å². The van der Waals surface area contributed by atoms with Gasteiger partial charge >= 0.3 is 0 Å². The van der Waals surface area contributed by atoms with Crippen molar-refractivity contribution in [2.24, 2.45) is 0 Å². The number of carbonyl (C=O) groups is 2. The zero-order chi connectivity index (χ0) is 19.1. The summed E-state index contributed by atoms with van der Waals surface area (Å²) in [5.74, 6) is 0.584. The van der Waals surface area contributed by atoms with Crippen molar-refractivity contribution in [1.29, 1.82) is 0 Å². The van der Waals surface area contributed by atoms with Gasteiger partial charge in [-0.05, 0) is 37.1 Å². The molecular formula is C21H23N3O3. The number of pyridine rings is 1. The van der Waals surface area contributed by atoms with Crippen LogP contribution in [-0.2, 0) is 4.79 Å². The van der Waals surface area contributed by atoms with Gasteiger partial charge in [0.15, 0.2) is 0 Å². The lowest BCUT2D eigenvalue weighted by atomic mass is 10.0. The Morgan fingerprint density at radius 2 is 1.96 bits per heavy atom. The second kappa shape index (κ2) is 8.98. The number of likely N-dealkylation sites (tertiary alicyclic amines) is 1. The van der Waals surface area contributed by atoms with E-state index in [1.165, 1.54) is 0 Å². The van der Waals surface area contributed by atoms with E-state index >= 15 is 0 Å². The molecule has 2 amide bonds. The predicted molar refractivity (Wildman–Crippen MR) is 103 cm³/mol. The highest BCUT2D eigenvalue weighted by atomic mass is 16.5. The minimum Gasteiger partial charge on any atom is -0.496 e. The number of carbonyl (C=O) groups excluding carboxylic acids is 2. The van der Waals surface area contributed by atoms with Gasteiger partial charge in [-0.15, -0.1) is 0 Å². The van der Waals surface area contributed by atoms with E-state index in [4.69, 9.17) is 4.74 Å². The third kappa shape index (κ3) is 4.94. The number of para-hydroxylation sites is 1. The van der Waals surface area contributed by atoms with Gasteiger partial charge in [0.1, 0.15) is 5.75 Å². The molecule has 0 spiro atoms. The molecule has 6 heteroatoms. The number of piperidine rings is 1. The van der Waals surface area contributed by atoms with E-state index in [0.29, 0.717) is 18.7 Å². The maximum atomic E-state index is 12.4. The molecule has 1 aromatic heterocycles. The van der Waals surface area contributed by atoms with Crippen molar-refractivity contribution in [1.82, 2.24) is 15.2 Å². The second-order valence-corrected chi connectivity index (χ2v) is 6.39. The summed E-state index contributed by atoms with van der Waals surface area (Å²) in [6.07, 6.45) is 8.01. The zero-order valence-corrected chi connectivity index (χ0v) is 15.3. The molecule has 3 rings (SSSR count). The number of hydrogen-bond acceptors (Lipinski definition) is 4. The van der Waals surface area contributed by atoms with Crippen molar-refractivity contribution in [2.45, 2.75) is 18.9 Å². The first-order chi connectivity index (χ1) is 13.2. The Morgan fingerprint density at radius 1 is 1.19 bits per heavy atom. The molecule has 2 aromatic rings. The Labute approximate surface area is 158 Å². The number of benzene rings is 1. The fourth-order valence-corrected chi connectivity index (χ4v) is 3.08. The fraction of sp³-hybridized carbons (Fsp3) is 0.286. The SMILES string of the molecule is COc1ccccc1/C=C/C(=O)N1CCC(NC(=O)c2cccnc2)CC1. The summed E-state index contributed by atoms with van der Waals surface area (Å²) in [6.45, 7) is 1.24. The third-order valence-corrected chi connectivity index (χ3v) is 4.61. The molecule has 1 aliphatic heterocycles. The van der Waals surface area contributed by atoms with Crippen LogP contribution in [0.1, 0.15) is 28.8 Å². The van der Waals surface area contributed by atoms with Crippen LogP contribution >= 0.6 is 0 Å². The van der Waals surface area contributed by atoms with Crippen LogP contribution in [0, 0.1) is 0 Å². The van der Waals surface area contributed by atoms with Crippen molar-refractivity contribution in [3.8, 4) is 5.75 Å². The maximum Gasteiger partial charge on any atom is 0.253 e. The van der Waals surface area contributed by atoms with Crippen LogP contribution in [0.25, 0.3) is 6.08 Å². The van der Waals surface area contributed by atoms with E-state index in [-0.39, 0.29) is 17.9 Å². The summed E-state index contributed by atoms with van der Waals surface area (Å²) in [5, 5.41) is 3.02. The topological polar surface area (TPSA) is 71.5 Å². The number of methoxy groups -OCH3 is 1. The molecule has 0 unspecified atom stereocenters. The van der Waals surface area contributed by atoms with Gasteiger partial charge in [0, 0.05) is 43.2 Å². The summed E-state index contributed by atoms with van der Waals surface area (Å²) >= 11 is 0.